The van der Waals surface area contributed by atoms with E-state index in [9.17, 15) is 9.59 Å². The number of aryl methyl sites for hydroxylation is 1. The molecule has 0 bridgehead atoms. The number of carbonyl (C=O) groups excluding carboxylic acids is 1. The van der Waals surface area contributed by atoms with Crippen LogP contribution in [0.4, 0.5) is 5.13 Å². The monoisotopic (exact) mass is 283 g/mol. The molecule has 4 N–H and O–H groups in total. The van der Waals surface area contributed by atoms with Gasteiger partial charge < -0.3 is 16.2 Å². The van der Waals surface area contributed by atoms with Crippen LogP contribution in [0.15, 0.2) is 0 Å². The summed E-state index contributed by atoms with van der Waals surface area (Å²) in [6.45, 7) is 1.72. The third-order valence-corrected chi connectivity index (χ3v) is 4.43. The second kappa shape index (κ2) is 5.16. The van der Waals surface area contributed by atoms with Crippen LogP contribution in [0.5, 0.6) is 0 Å². The lowest BCUT2D eigenvalue weighted by molar-refractivity contribution is -0.138. The lowest BCUT2D eigenvalue weighted by Gasteiger charge is -2.28. The predicted molar refractivity (Wildman–Crippen MR) is 72.2 cm³/mol. The van der Waals surface area contributed by atoms with E-state index in [4.69, 9.17) is 10.8 Å². The van der Waals surface area contributed by atoms with Crippen LogP contribution in [-0.4, -0.2) is 27.5 Å². The summed E-state index contributed by atoms with van der Waals surface area (Å²) in [7, 11) is 0. The number of carboxylic acid groups (broad SMARTS) is 1. The van der Waals surface area contributed by atoms with E-state index in [-0.39, 0.29) is 12.3 Å². The molecule has 2 rings (SSSR count). The van der Waals surface area contributed by atoms with Crippen molar-refractivity contribution in [1.82, 2.24) is 10.3 Å². The van der Waals surface area contributed by atoms with Crippen molar-refractivity contribution >= 4 is 28.3 Å². The summed E-state index contributed by atoms with van der Waals surface area (Å²) < 4.78 is 0. The van der Waals surface area contributed by atoms with Crippen molar-refractivity contribution in [3.05, 3.63) is 10.6 Å². The van der Waals surface area contributed by atoms with Gasteiger partial charge in [-0.15, -0.1) is 0 Å². The Morgan fingerprint density at radius 3 is 2.58 bits per heavy atom. The van der Waals surface area contributed by atoms with Gasteiger partial charge in [-0.25, -0.2) is 4.98 Å². The Morgan fingerprint density at radius 2 is 2.11 bits per heavy atom. The molecule has 1 amide bonds. The number of nitrogens with two attached hydrogens (primary N) is 1. The van der Waals surface area contributed by atoms with Crippen LogP contribution in [-0.2, 0) is 4.79 Å². The molecule has 0 radical (unpaired) electrons. The van der Waals surface area contributed by atoms with E-state index in [0.29, 0.717) is 28.5 Å². The van der Waals surface area contributed by atoms with Gasteiger partial charge in [-0.05, 0) is 19.8 Å². The Labute approximate surface area is 115 Å². The molecule has 1 aliphatic carbocycles. The largest absolute Gasteiger partial charge is 0.481 e. The second-order valence-electron chi connectivity index (χ2n) is 4.98. The number of rotatable bonds is 4. The highest BCUT2D eigenvalue weighted by atomic mass is 32.1. The van der Waals surface area contributed by atoms with Gasteiger partial charge in [0.15, 0.2) is 5.13 Å². The zero-order valence-corrected chi connectivity index (χ0v) is 11.5. The third-order valence-electron chi connectivity index (χ3n) is 3.45. The summed E-state index contributed by atoms with van der Waals surface area (Å²) in [6, 6.07) is 0. The molecule has 0 aliphatic heterocycles. The molecule has 1 aromatic rings. The summed E-state index contributed by atoms with van der Waals surface area (Å²) in [5.74, 6) is -1.16. The Bertz CT molecular complexity index is 506. The number of nitrogens with one attached hydrogen (secondary N) is 1. The topological polar surface area (TPSA) is 105 Å². The van der Waals surface area contributed by atoms with Crippen LogP contribution in [0.1, 0.15) is 47.5 Å². The number of carbonyl (C=O) groups is 2. The standard InChI is InChI=1S/C12H17N3O3S/c1-7-9(19-11(13)14-7)10(18)15-12(6-8(16)17)4-2-3-5-12/h2-6H2,1H3,(H2,13,14)(H,15,18)(H,16,17). The fourth-order valence-corrected chi connectivity index (χ4v) is 3.34. The molecule has 6 nitrogen and oxygen atoms in total. The number of hydrogen-bond acceptors (Lipinski definition) is 5. The number of hydrogen-bond donors (Lipinski definition) is 3. The lowest BCUT2D eigenvalue weighted by atomic mass is 9.93. The maximum Gasteiger partial charge on any atom is 0.305 e. The smallest absolute Gasteiger partial charge is 0.305 e. The Balaban J connectivity index is 2.15. The van der Waals surface area contributed by atoms with Gasteiger partial charge in [0, 0.05) is 0 Å². The molecule has 1 aromatic heterocycles. The van der Waals surface area contributed by atoms with Gasteiger partial charge in [0.1, 0.15) is 4.88 Å². The third kappa shape index (κ3) is 3.04. The normalized spacial score (nSPS) is 17.3. The van der Waals surface area contributed by atoms with E-state index in [1.807, 2.05) is 0 Å². The zero-order valence-electron chi connectivity index (χ0n) is 10.7. The van der Waals surface area contributed by atoms with E-state index in [1.165, 1.54) is 0 Å². The van der Waals surface area contributed by atoms with Gasteiger partial charge >= 0.3 is 5.97 Å². The number of nitrogens with zero attached hydrogens (tertiary/aromatic N) is 1. The minimum absolute atomic E-state index is 0.0356. The van der Waals surface area contributed by atoms with Gasteiger partial charge in [0.05, 0.1) is 17.7 Å². The van der Waals surface area contributed by atoms with E-state index in [0.717, 1.165) is 24.2 Å². The van der Waals surface area contributed by atoms with Crippen molar-refractivity contribution in [3.8, 4) is 0 Å². The van der Waals surface area contributed by atoms with Crippen molar-refractivity contribution in [1.29, 1.82) is 0 Å². The lowest BCUT2D eigenvalue weighted by Crippen LogP contribution is -2.47. The van der Waals surface area contributed by atoms with E-state index >= 15 is 0 Å². The first-order valence-corrected chi connectivity index (χ1v) is 7.01. The Morgan fingerprint density at radius 1 is 1.47 bits per heavy atom. The number of aromatic nitrogens is 1. The van der Waals surface area contributed by atoms with E-state index in [1.54, 1.807) is 6.92 Å². The van der Waals surface area contributed by atoms with Gasteiger partial charge in [0.25, 0.3) is 5.91 Å². The molecule has 104 valence electrons. The van der Waals surface area contributed by atoms with Crippen molar-refractivity contribution in [2.75, 3.05) is 5.73 Å². The maximum absolute atomic E-state index is 12.2. The SMILES string of the molecule is Cc1nc(N)sc1C(=O)NC1(CC(=O)O)CCCC1. The molecule has 1 aliphatic rings. The molecule has 0 aromatic carbocycles. The summed E-state index contributed by atoms with van der Waals surface area (Å²) in [6.07, 6.45) is 3.26. The van der Waals surface area contributed by atoms with Gasteiger partial charge in [-0.1, -0.05) is 24.2 Å². The van der Waals surface area contributed by atoms with Gasteiger partial charge in [0.2, 0.25) is 0 Å². The highest BCUT2D eigenvalue weighted by molar-refractivity contribution is 7.17. The summed E-state index contributed by atoms with van der Waals surface area (Å²) >= 11 is 1.13. The molecule has 1 heterocycles. The fraction of sp³-hybridized carbons (Fsp3) is 0.583. The first kappa shape index (κ1) is 13.8. The summed E-state index contributed by atoms with van der Waals surface area (Å²) in [5, 5.41) is 12.2. The fourth-order valence-electron chi connectivity index (χ4n) is 2.61. The van der Waals surface area contributed by atoms with Gasteiger partial charge in [-0.3, -0.25) is 9.59 Å². The molecule has 0 spiro atoms. The molecule has 19 heavy (non-hydrogen) atoms. The average molecular weight is 283 g/mol. The van der Waals surface area contributed by atoms with E-state index in [2.05, 4.69) is 10.3 Å². The molecule has 7 heteroatoms. The number of amides is 1. The number of anilines is 1. The van der Waals surface area contributed by atoms with Crippen LogP contribution < -0.4 is 11.1 Å². The van der Waals surface area contributed by atoms with Crippen LogP contribution in [0.2, 0.25) is 0 Å². The molecular formula is C12H17N3O3S. The van der Waals surface area contributed by atoms with Crippen molar-refractivity contribution < 1.29 is 14.7 Å². The van der Waals surface area contributed by atoms with Crippen LogP contribution in [0.3, 0.4) is 0 Å². The maximum atomic E-state index is 12.2. The van der Waals surface area contributed by atoms with Crippen molar-refractivity contribution in [2.24, 2.45) is 0 Å². The van der Waals surface area contributed by atoms with Crippen LogP contribution >= 0.6 is 11.3 Å². The van der Waals surface area contributed by atoms with Gasteiger partial charge in [-0.2, -0.15) is 0 Å². The molecule has 0 unspecified atom stereocenters. The first-order valence-electron chi connectivity index (χ1n) is 6.19. The Kier molecular flexibility index (Phi) is 3.75. The van der Waals surface area contributed by atoms with Crippen molar-refractivity contribution in [2.45, 2.75) is 44.6 Å². The van der Waals surface area contributed by atoms with Crippen LogP contribution in [0.25, 0.3) is 0 Å². The summed E-state index contributed by atoms with van der Waals surface area (Å²) in [4.78, 5) is 27.7. The zero-order chi connectivity index (χ0) is 14.0. The van der Waals surface area contributed by atoms with Crippen molar-refractivity contribution in [3.63, 3.8) is 0 Å². The Hall–Kier alpha value is -1.63. The highest BCUT2D eigenvalue weighted by Gasteiger charge is 2.38. The predicted octanol–water partition coefficient (Wildman–Crippen LogP) is 1.55. The number of nitrogen functional groups attached to an aromatic ring is 1. The molecular weight excluding hydrogens is 266 g/mol. The quantitative estimate of drug-likeness (QED) is 0.777. The molecule has 1 saturated carbocycles. The second-order valence-corrected chi connectivity index (χ2v) is 6.01. The van der Waals surface area contributed by atoms with Crippen LogP contribution in [0, 0.1) is 6.92 Å². The molecule has 1 fully saturated rings. The highest BCUT2D eigenvalue weighted by Crippen LogP contribution is 2.33. The first-order chi connectivity index (χ1) is 8.92. The minimum atomic E-state index is -0.886. The molecule has 0 atom stereocenters. The minimum Gasteiger partial charge on any atom is -0.481 e. The number of carboxylic acids is 1. The molecule has 0 saturated heterocycles. The number of thiazole rings is 1. The number of aliphatic carboxylic acids is 1. The average Bonchev–Trinajstić information content (AvgIpc) is 2.85. The summed E-state index contributed by atoms with van der Waals surface area (Å²) in [5.41, 5.74) is 5.54. The van der Waals surface area contributed by atoms with E-state index < -0.39 is 11.5 Å².